The number of fused-ring (bicyclic) bond motifs is 1. The van der Waals surface area contributed by atoms with Crippen LogP contribution in [0.5, 0.6) is 0 Å². The summed E-state index contributed by atoms with van der Waals surface area (Å²) >= 11 is 6.38. The maximum atomic E-state index is 12.5. The highest BCUT2D eigenvalue weighted by molar-refractivity contribution is 6.49. The first-order valence-corrected chi connectivity index (χ1v) is 11.1. The number of benzene rings is 2. The van der Waals surface area contributed by atoms with E-state index in [-0.39, 0.29) is 16.2 Å². The highest BCUT2D eigenvalue weighted by atomic mass is 35.5. The third kappa shape index (κ3) is 5.83. The van der Waals surface area contributed by atoms with Crippen molar-refractivity contribution < 1.29 is 14.3 Å². The van der Waals surface area contributed by atoms with E-state index in [4.69, 9.17) is 26.4 Å². The SMILES string of the molecule is CCN(CC)c1ccc2cc(/C(Cl)=C/C=C/c3ccc(/C=C(/C#N)C(=O)O)cc3)c(=O)oc2c1. The molecule has 6 nitrogen and oxygen atoms in total. The van der Waals surface area contributed by atoms with E-state index in [0.717, 1.165) is 29.7 Å². The van der Waals surface area contributed by atoms with Gasteiger partial charge < -0.3 is 14.4 Å². The summed E-state index contributed by atoms with van der Waals surface area (Å²) in [5, 5.41) is 18.8. The van der Waals surface area contributed by atoms with Crippen LogP contribution in [-0.4, -0.2) is 24.2 Å². The van der Waals surface area contributed by atoms with Gasteiger partial charge in [0.15, 0.2) is 0 Å². The normalized spacial score (nSPS) is 12.2. The van der Waals surface area contributed by atoms with E-state index in [0.29, 0.717) is 11.1 Å². The van der Waals surface area contributed by atoms with E-state index in [1.807, 2.05) is 18.2 Å². The van der Waals surface area contributed by atoms with Crippen LogP contribution in [-0.2, 0) is 4.79 Å². The number of nitrogens with zero attached hydrogens (tertiary/aromatic N) is 2. The molecule has 0 unspecified atom stereocenters. The zero-order valence-corrected chi connectivity index (χ0v) is 19.5. The van der Waals surface area contributed by atoms with Crippen LogP contribution in [0, 0.1) is 11.3 Å². The number of halogens is 1. The summed E-state index contributed by atoms with van der Waals surface area (Å²) in [6, 6.07) is 16.1. The predicted molar refractivity (Wildman–Crippen MR) is 137 cm³/mol. The minimum absolute atomic E-state index is 0.249. The Bertz CT molecular complexity index is 1390. The van der Waals surface area contributed by atoms with E-state index in [9.17, 15) is 9.59 Å². The Kier molecular flexibility index (Phi) is 8.07. The molecule has 0 amide bonds. The molecular formula is C27H23ClN2O4. The Labute approximate surface area is 202 Å². The van der Waals surface area contributed by atoms with E-state index in [1.54, 1.807) is 54.6 Å². The van der Waals surface area contributed by atoms with Crippen LogP contribution < -0.4 is 10.5 Å². The quantitative estimate of drug-likeness (QED) is 0.188. The molecule has 172 valence electrons. The summed E-state index contributed by atoms with van der Waals surface area (Å²) in [5.41, 5.74) is 2.36. The lowest BCUT2D eigenvalue weighted by Gasteiger charge is -2.21. The van der Waals surface area contributed by atoms with E-state index in [2.05, 4.69) is 18.7 Å². The molecule has 7 heteroatoms. The summed E-state index contributed by atoms with van der Waals surface area (Å²) in [6.07, 6.45) is 6.40. The molecule has 2 aromatic carbocycles. The van der Waals surface area contributed by atoms with Gasteiger partial charge in [-0.2, -0.15) is 5.26 Å². The number of carbonyl (C=O) groups is 1. The second kappa shape index (κ2) is 11.2. The lowest BCUT2D eigenvalue weighted by atomic mass is 10.1. The van der Waals surface area contributed by atoms with Gasteiger partial charge in [0.25, 0.3) is 0 Å². The molecule has 0 saturated heterocycles. The molecule has 0 saturated carbocycles. The first-order valence-electron chi connectivity index (χ1n) is 10.7. The molecule has 0 aliphatic carbocycles. The van der Waals surface area contributed by atoms with Crippen molar-refractivity contribution in [2.45, 2.75) is 13.8 Å². The second-order valence-corrected chi connectivity index (χ2v) is 7.76. The maximum Gasteiger partial charge on any atom is 0.346 e. The van der Waals surface area contributed by atoms with Crippen molar-refractivity contribution in [3.8, 4) is 6.07 Å². The van der Waals surface area contributed by atoms with Gasteiger partial charge in [-0.15, -0.1) is 0 Å². The van der Waals surface area contributed by atoms with Crippen molar-refractivity contribution >= 4 is 51.4 Å². The third-order valence-electron chi connectivity index (χ3n) is 5.24. The molecule has 0 aliphatic heterocycles. The highest BCUT2D eigenvalue weighted by Gasteiger charge is 2.10. The summed E-state index contributed by atoms with van der Waals surface area (Å²) < 4.78 is 5.53. The van der Waals surface area contributed by atoms with Gasteiger partial charge >= 0.3 is 11.6 Å². The molecule has 34 heavy (non-hydrogen) atoms. The molecule has 0 bridgehead atoms. The molecule has 0 fully saturated rings. The average Bonchev–Trinajstić information content (AvgIpc) is 2.83. The van der Waals surface area contributed by atoms with Crippen LogP contribution in [0.25, 0.3) is 28.2 Å². The van der Waals surface area contributed by atoms with Crippen molar-refractivity contribution in [2.75, 3.05) is 18.0 Å². The van der Waals surface area contributed by atoms with Crippen LogP contribution >= 0.6 is 11.6 Å². The Morgan fingerprint density at radius 1 is 1.12 bits per heavy atom. The fourth-order valence-corrected chi connectivity index (χ4v) is 3.60. The van der Waals surface area contributed by atoms with Crippen LogP contribution in [0.15, 0.2) is 75.5 Å². The predicted octanol–water partition coefficient (Wildman–Crippen LogP) is 5.92. The van der Waals surface area contributed by atoms with Gasteiger partial charge in [-0.1, -0.05) is 48.0 Å². The molecule has 0 radical (unpaired) electrons. The molecule has 0 atom stereocenters. The van der Waals surface area contributed by atoms with Crippen molar-refractivity contribution in [1.82, 2.24) is 0 Å². The molecule has 1 heterocycles. The van der Waals surface area contributed by atoms with Gasteiger partial charge in [-0.05, 0) is 55.3 Å². The first-order chi connectivity index (χ1) is 16.4. The van der Waals surface area contributed by atoms with Crippen molar-refractivity contribution in [1.29, 1.82) is 5.26 Å². The van der Waals surface area contributed by atoms with Crippen LogP contribution in [0.3, 0.4) is 0 Å². The fourth-order valence-electron chi connectivity index (χ4n) is 3.40. The monoisotopic (exact) mass is 474 g/mol. The van der Waals surface area contributed by atoms with Gasteiger partial charge in [-0.3, -0.25) is 0 Å². The number of nitriles is 1. The average molecular weight is 475 g/mol. The largest absolute Gasteiger partial charge is 0.477 e. The van der Waals surface area contributed by atoms with Gasteiger partial charge in [0.1, 0.15) is 17.2 Å². The number of aliphatic carboxylic acids is 1. The first kappa shape index (κ1) is 24.6. The van der Waals surface area contributed by atoms with Crippen LogP contribution in [0.4, 0.5) is 5.69 Å². The molecule has 1 N–H and O–H groups in total. The molecule has 3 rings (SSSR count). The Hall–Kier alpha value is -4.08. The number of carboxylic acid groups (broad SMARTS) is 1. The van der Waals surface area contributed by atoms with Gasteiger partial charge in [0.2, 0.25) is 0 Å². The molecule has 0 spiro atoms. The number of allylic oxidation sites excluding steroid dienone is 2. The minimum Gasteiger partial charge on any atom is -0.477 e. The molecule has 1 aromatic heterocycles. The lowest BCUT2D eigenvalue weighted by Crippen LogP contribution is -2.21. The van der Waals surface area contributed by atoms with E-state index >= 15 is 0 Å². The third-order valence-corrected chi connectivity index (χ3v) is 5.56. The summed E-state index contributed by atoms with van der Waals surface area (Å²) in [7, 11) is 0. The Morgan fingerprint density at radius 2 is 1.79 bits per heavy atom. The van der Waals surface area contributed by atoms with Crippen molar-refractivity contribution in [3.63, 3.8) is 0 Å². The standard InChI is InChI=1S/C27H23ClN2O4/c1-3-30(4-2)22-13-12-20-15-23(27(33)34-25(20)16-22)24(28)7-5-6-18-8-10-19(11-9-18)14-21(17-29)26(31)32/h5-16H,3-4H2,1-2H3,(H,31,32)/b6-5+,21-14-,24-7-. The zero-order valence-electron chi connectivity index (χ0n) is 18.8. The zero-order chi connectivity index (χ0) is 24.7. The Balaban J connectivity index is 1.80. The smallest absolute Gasteiger partial charge is 0.346 e. The topological polar surface area (TPSA) is 94.5 Å². The minimum atomic E-state index is -1.27. The van der Waals surface area contributed by atoms with Gasteiger partial charge in [0, 0.05) is 30.2 Å². The summed E-state index contributed by atoms with van der Waals surface area (Å²) in [5.74, 6) is -1.27. The van der Waals surface area contributed by atoms with Crippen molar-refractivity contribution in [2.24, 2.45) is 0 Å². The second-order valence-electron chi connectivity index (χ2n) is 7.36. The number of anilines is 1. The summed E-state index contributed by atoms with van der Waals surface area (Å²) in [6.45, 7) is 5.85. The van der Waals surface area contributed by atoms with Gasteiger partial charge in [-0.25, -0.2) is 9.59 Å². The van der Waals surface area contributed by atoms with E-state index < -0.39 is 11.6 Å². The molecular weight excluding hydrogens is 452 g/mol. The number of hydrogen-bond acceptors (Lipinski definition) is 5. The lowest BCUT2D eigenvalue weighted by molar-refractivity contribution is -0.132. The summed E-state index contributed by atoms with van der Waals surface area (Å²) in [4.78, 5) is 25.6. The van der Waals surface area contributed by atoms with Crippen LogP contribution in [0.1, 0.15) is 30.5 Å². The number of hydrogen-bond donors (Lipinski definition) is 1. The number of carboxylic acids is 1. The van der Waals surface area contributed by atoms with Crippen molar-refractivity contribution in [3.05, 3.63) is 93.4 Å². The highest BCUT2D eigenvalue weighted by Crippen LogP contribution is 2.25. The van der Waals surface area contributed by atoms with E-state index in [1.165, 1.54) is 6.08 Å². The molecule has 3 aromatic rings. The van der Waals surface area contributed by atoms with Crippen LogP contribution in [0.2, 0.25) is 0 Å². The number of rotatable bonds is 8. The Morgan fingerprint density at radius 3 is 2.41 bits per heavy atom. The maximum absolute atomic E-state index is 12.5. The van der Waals surface area contributed by atoms with Gasteiger partial charge in [0.05, 0.1) is 10.6 Å². The molecule has 0 aliphatic rings. The fraction of sp³-hybridized carbons (Fsp3) is 0.148.